The highest BCUT2D eigenvalue weighted by Crippen LogP contribution is 2.24. The van der Waals surface area contributed by atoms with Crippen LogP contribution in [0.2, 0.25) is 0 Å². The Morgan fingerprint density at radius 3 is 2.41 bits per heavy atom. The van der Waals surface area contributed by atoms with Crippen molar-refractivity contribution >= 4 is 11.6 Å². The first-order chi connectivity index (χ1) is 10.3. The molecule has 0 saturated carbocycles. The summed E-state index contributed by atoms with van der Waals surface area (Å²) in [7, 11) is 0. The zero-order valence-corrected chi connectivity index (χ0v) is 12.9. The Morgan fingerprint density at radius 2 is 1.86 bits per heavy atom. The minimum atomic E-state index is -4.28. The summed E-state index contributed by atoms with van der Waals surface area (Å²) in [6.45, 7) is 5.65. The smallest absolute Gasteiger partial charge is 0.368 e. The standard InChI is InChI=1S/C16H21F3N2O/c1-12-3-5-14(6-4-12)20-9-10-21(13(2)11-20)15(22)7-8-16(17,18)19/h3-6,13H,7-11H2,1-2H3. The highest BCUT2D eigenvalue weighted by atomic mass is 19.4. The number of anilines is 1. The molecule has 1 fully saturated rings. The van der Waals surface area contributed by atoms with Gasteiger partial charge >= 0.3 is 6.18 Å². The van der Waals surface area contributed by atoms with Crippen LogP contribution in [0.3, 0.4) is 0 Å². The normalized spacial score (nSPS) is 19.4. The molecule has 1 unspecified atom stereocenters. The van der Waals surface area contributed by atoms with Crippen LogP contribution in [-0.4, -0.2) is 42.7 Å². The van der Waals surface area contributed by atoms with Gasteiger partial charge in [-0.15, -0.1) is 0 Å². The van der Waals surface area contributed by atoms with Crippen LogP contribution in [0.4, 0.5) is 18.9 Å². The molecule has 1 aliphatic heterocycles. The molecule has 22 heavy (non-hydrogen) atoms. The quantitative estimate of drug-likeness (QED) is 0.854. The van der Waals surface area contributed by atoms with Gasteiger partial charge in [0.1, 0.15) is 0 Å². The van der Waals surface area contributed by atoms with Crippen LogP contribution in [0.1, 0.15) is 25.3 Å². The van der Waals surface area contributed by atoms with E-state index in [0.29, 0.717) is 19.6 Å². The van der Waals surface area contributed by atoms with Gasteiger partial charge in [0.25, 0.3) is 0 Å². The summed E-state index contributed by atoms with van der Waals surface area (Å²) in [5, 5.41) is 0. The second-order valence-corrected chi connectivity index (χ2v) is 5.83. The van der Waals surface area contributed by atoms with Gasteiger partial charge < -0.3 is 9.80 Å². The zero-order chi connectivity index (χ0) is 16.3. The van der Waals surface area contributed by atoms with E-state index in [1.54, 1.807) is 4.90 Å². The van der Waals surface area contributed by atoms with E-state index in [2.05, 4.69) is 4.90 Å². The van der Waals surface area contributed by atoms with Crippen LogP contribution in [0.5, 0.6) is 0 Å². The lowest BCUT2D eigenvalue weighted by Crippen LogP contribution is -2.54. The van der Waals surface area contributed by atoms with E-state index in [1.807, 2.05) is 38.1 Å². The summed E-state index contributed by atoms with van der Waals surface area (Å²) in [5.41, 5.74) is 2.26. The molecule has 0 bridgehead atoms. The molecule has 0 radical (unpaired) electrons. The average molecular weight is 314 g/mol. The molecule has 122 valence electrons. The van der Waals surface area contributed by atoms with Crippen LogP contribution in [0.15, 0.2) is 24.3 Å². The number of alkyl halides is 3. The average Bonchev–Trinajstić information content (AvgIpc) is 2.44. The molecule has 3 nitrogen and oxygen atoms in total. The summed E-state index contributed by atoms with van der Waals surface area (Å²) >= 11 is 0. The first kappa shape index (κ1) is 16.6. The molecule has 1 amide bonds. The van der Waals surface area contributed by atoms with E-state index in [4.69, 9.17) is 0 Å². The van der Waals surface area contributed by atoms with Crippen molar-refractivity contribution in [3.8, 4) is 0 Å². The van der Waals surface area contributed by atoms with E-state index in [0.717, 1.165) is 5.69 Å². The molecule has 0 N–H and O–H groups in total. The van der Waals surface area contributed by atoms with Crippen molar-refractivity contribution in [1.82, 2.24) is 4.90 Å². The lowest BCUT2D eigenvalue weighted by Gasteiger charge is -2.41. The van der Waals surface area contributed by atoms with Crippen molar-refractivity contribution in [3.05, 3.63) is 29.8 Å². The largest absolute Gasteiger partial charge is 0.389 e. The maximum absolute atomic E-state index is 12.2. The topological polar surface area (TPSA) is 23.6 Å². The fourth-order valence-corrected chi connectivity index (χ4v) is 2.71. The Bertz CT molecular complexity index is 513. The van der Waals surface area contributed by atoms with Gasteiger partial charge in [-0.2, -0.15) is 13.2 Å². The predicted octanol–water partition coefficient (Wildman–Crippen LogP) is 3.37. The number of halogens is 3. The molecule has 2 rings (SSSR count). The monoisotopic (exact) mass is 314 g/mol. The van der Waals surface area contributed by atoms with Gasteiger partial charge in [-0.1, -0.05) is 17.7 Å². The lowest BCUT2D eigenvalue weighted by molar-refractivity contribution is -0.150. The second-order valence-electron chi connectivity index (χ2n) is 5.83. The molecular weight excluding hydrogens is 293 g/mol. The van der Waals surface area contributed by atoms with Gasteiger partial charge in [0.05, 0.1) is 6.42 Å². The van der Waals surface area contributed by atoms with Gasteiger partial charge in [-0.05, 0) is 26.0 Å². The third-order valence-corrected chi connectivity index (χ3v) is 3.97. The molecule has 0 aliphatic carbocycles. The van der Waals surface area contributed by atoms with Gasteiger partial charge in [0.2, 0.25) is 5.91 Å². The number of piperazine rings is 1. The van der Waals surface area contributed by atoms with E-state index < -0.39 is 24.9 Å². The van der Waals surface area contributed by atoms with E-state index in [-0.39, 0.29) is 6.04 Å². The lowest BCUT2D eigenvalue weighted by atomic mass is 10.1. The number of amides is 1. The van der Waals surface area contributed by atoms with Crippen LogP contribution in [0.25, 0.3) is 0 Å². The molecule has 1 atom stereocenters. The van der Waals surface area contributed by atoms with Crippen molar-refractivity contribution in [2.75, 3.05) is 24.5 Å². The first-order valence-electron chi connectivity index (χ1n) is 7.44. The predicted molar refractivity (Wildman–Crippen MR) is 79.9 cm³/mol. The maximum atomic E-state index is 12.2. The van der Waals surface area contributed by atoms with Crippen LogP contribution >= 0.6 is 0 Å². The van der Waals surface area contributed by atoms with E-state index in [1.165, 1.54) is 5.56 Å². The third kappa shape index (κ3) is 4.39. The Balaban J connectivity index is 1.92. The molecular formula is C16H21F3N2O. The number of hydrogen-bond donors (Lipinski definition) is 0. The van der Waals surface area contributed by atoms with Crippen LogP contribution in [-0.2, 0) is 4.79 Å². The van der Waals surface area contributed by atoms with Crippen molar-refractivity contribution in [3.63, 3.8) is 0 Å². The van der Waals surface area contributed by atoms with Crippen molar-refractivity contribution in [2.24, 2.45) is 0 Å². The molecule has 0 spiro atoms. The zero-order valence-electron chi connectivity index (χ0n) is 12.9. The van der Waals surface area contributed by atoms with Crippen molar-refractivity contribution in [1.29, 1.82) is 0 Å². The van der Waals surface area contributed by atoms with E-state index >= 15 is 0 Å². The number of hydrogen-bond acceptors (Lipinski definition) is 2. The molecule has 1 aromatic carbocycles. The number of nitrogens with zero attached hydrogens (tertiary/aromatic N) is 2. The number of aryl methyl sites for hydroxylation is 1. The summed E-state index contributed by atoms with van der Waals surface area (Å²) in [6.07, 6.45) is -5.78. The van der Waals surface area contributed by atoms with Gasteiger partial charge in [-0.3, -0.25) is 4.79 Å². The van der Waals surface area contributed by atoms with Crippen LogP contribution < -0.4 is 4.90 Å². The number of benzene rings is 1. The number of carbonyl (C=O) groups is 1. The molecule has 1 aromatic rings. The van der Waals surface area contributed by atoms with Crippen molar-refractivity contribution < 1.29 is 18.0 Å². The summed E-state index contributed by atoms with van der Waals surface area (Å²) in [6, 6.07) is 8.03. The highest BCUT2D eigenvalue weighted by Gasteiger charge is 2.32. The fraction of sp³-hybridized carbons (Fsp3) is 0.562. The Labute approximate surface area is 128 Å². The molecule has 6 heteroatoms. The Kier molecular flexibility index (Phi) is 4.98. The SMILES string of the molecule is Cc1ccc(N2CCN(C(=O)CCC(F)(F)F)C(C)C2)cc1. The summed E-state index contributed by atoms with van der Waals surface area (Å²) < 4.78 is 36.7. The maximum Gasteiger partial charge on any atom is 0.389 e. The van der Waals surface area contributed by atoms with Gasteiger partial charge in [-0.25, -0.2) is 0 Å². The highest BCUT2D eigenvalue weighted by molar-refractivity contribution is 5.77. The third-order valence-electron chi connectivity index (χ3n) is 3.97. The summed E-state index contributed by atoms with van der Waals surface area (Å²) in [4.78, 5) is 15.7. The number of rotatable bonds is 3. The second kappa shape index (κ2) is 6.58. The van der Waals surface area contributed by atoms with E-state index in [9.17, 15) is 18.0 Å². The molecule has 1 heterocycles. The minimum Gasteiger partial charge on any atom is -0.368 e. The first-order valence-corrected chi connectivity index (χ1v) is 7.44. The molecule has 0 aromatic heterocycles. The number of carbonyl (C=O) groups excluding carboxylic acids is 1. The molecule has 1 aliphatic rings. The van der Waals surface area contributed by atoms with Gasteiger partial charge in [0.15, 0.2) is 0 Å². The minimum absolute atomic E-state index is 0.0872. The van der Waals surface area contributed by atoms with Crippen molar-refractivity contribution in [2.45, 2.75) is 38.9 Å². The molecule has 1 saturated heterocycles. The summed E-state index contributed by atoms with van der Waals surface area (Å²) in [5.74, 6) is -0.409. The van der Waals surface area contributed by atoms with Crippen LogP contribution in [0, 0.1) is 6.92 Å². The Hall–Kier alpha value is -1.72. The fourth-order valence-electron chi connectivity index (χ4n) is 2.71. The van der Waals surface area contributed by atoms with Gasteiger partial charge in [0, 0.05) is 37.8 Å². The Morgan fingerprint density at radius 1 is 1.23 bits per heavy atom.